The van der Waals surface area contributed by atoms with Crippen LogP contribution in [0.15, 0.2) is 68.4 Å². The van der Waals surface area contributed by atoms with Gasteiger partial charge in [0, 0.05) is 28.2 Å². The zero-order valence-corrected chi connectivity index (χ0v) is 18.0. The minimum absolute atomic E-state index is 0.0431. The minimum Gasteiger partial charge on any atom is -0.457 e. The number of non-ortho nitro benzene ring substituents is 1. The SMILES string of the molecule is O=C1SC(=Cc2ccc(-c3ccc([N+](=O)[O-])cc3Br)o2)C(=O)N1Cc1ccc(F)cc1. The van der Waals surface area contributed by atoms with Gasteiger partial charge >= 0.3 is 0 Å². The van der Waals surface area contributed by atoms with Gasteiger partial charge in [-0.15, -0.1) is 0 Å². The molecule has 1 saturated heterocycles. The summed E-state index contributed by atoms with van der Waals surface area (Å²) in [6, 6.07) is 13.2. The molecule has 0 radical (unpaired) electrons. The average molecular weight is 503 g/mol. The Hall–Kier alpha value is -3.24. The topological polar surface area (TPSA) is 93.7 Å². The fraction of sp³-hybridized carbons (Fsp3) is 0.0476. The lowest BCUT2D eigenvalue weighted by Gasteiger charge is -2.12. The van der Waals surface area contributed by atoms with Crippen molar-refractivity contribution in [3.63, 3.8) is 0 Å². The Morgan fingerprint density at radius 2 is 1.87 bits per heavy atom. The van der Waals surface area contributed by atoms with Crippen LogP contribution in [0.2, 0.25) is 0 Å². The molecule has 0 saturated carbocycles. The van der Waals surface area contributed by atoms with Gasteiger partial charge in [0.15, 0.2) is 0 Å². The van der Waals surface area contributed by atoms with Crippen molar-refractivity contribution in [2.75, 3.05) is 0 Å². The summed E-state index contributed by atoms with van der Waals surface area (Å²) in [4.78, 5) is 36.6. The molecule has 4 rings (SSSR count). The van der Waals surface area contributed by atoms with Crippen molar-refractivity contribution in [2.24, 2.45) is 0 Å². The van der Waals surface area contributed by atoms with Crippen LogP contribution in [0.25, 0.3) is 17.4 Å². The molecule has 0 atom stereocenters. The van der Waals surface area contributed by atoms with E-state index in [4.69, 9.17) is 4.42 Å². The second-order valence-electron chi connectivity index (χ2n) is 6.52. The van der Waals surface area contributed by atoms with E-state index in [9.17, 15) is 24.1 Å². The van der Waals surface area contributed by atoms with Crippen LogP contribution in [-0.2, 0) is 11.3 Å². The predicted molar refractivity (Wildman–Crippen MR) is 116 cm³/mol. The molecule has 0 N–H and O–H groups in total. The Balaban J connectivity index is 1.54. The Morgan fingerprint density at radius 1 is 1.13 bits per heavy atom. The number of hydrogen-bond donors (Lipinski definition) is 0. The summed E-state index contributed by atoms with van der Waals surface area (Å²) in [5.74, 6) is -0.0639. The maximum atomic E-state index is 13.1. The number of carbonyl (C=O) groups excluding carboxylic acids is 2. The smallest absolute Gasteiger partial charge is 0.293 e. The van der Waals surface area contributed by atoms with E-state index in [2.05, 4.69) is 15.9 Å². The van der Waals surface area contributed by atoms with Crippen LogP contribution in [0, 0.1) is 15.9 Å². The fourth-order valence-electron chi connectivity index (χ4n) is 2.93. The van der Waals surface area contributed by atoms with Crippen LogP contribution < -0.4 is 0 Å². The van der Waals surface area contributed by atoms with Crippen LogP contribution in [0.5, 0.6) is 0 Å². The van der Waals surface area contributed by atoms with E-state index in [1.807, 2.05) is 0 Å². The van der Waals surface area contributed by atoms with Crippen LogP contribution >= 0.6 is 27.7 Å². The maximum absolute atomic E-state index is 13.1. The lowest BCUT2D eigenvalue weighted by atomic mass is 10.1. The van der Waals surface area contributed by atoms with Crippen molar-refractivity contribution in [2.45, 2.75) is 6.54 Å². The number of rotatable bonds is 5. The molecule has 0 spiro atoms. The molecule has 0 aliphatic carbocycles. The third-order valence-electron chi connectivity index (χ3n) is 4.46. The number of thioether (sulfide) groups is 1. The van der Waals surface area contributed by atoms with Gasteiger partial charge in [-0.25, -0.2) is 4.39 Å². The zero-order chi connectivity index (χ0) is 22.1. The Labute approximate surface area is 187 Å². The summed E-state index contributed by atoms with van der Waals surface area (Å²) in [5, 5.41) is 10.5. The van der Waals surface area contributed by atoms with Gasteiger partial charge in [-0.1, -0.05) is 12.1 Å². The molecule has 10 heteroatoms. The second kappa shape index (κ2) is 8.48. The van der Waals surface area contributed by atoms with Crippen LogP contribution in [0.4, 0.5) is 14.9 Å². The van der Waals surface area contributed by atoms with Gasteiger partial charge in [0.25, 0.3) is 16.8 Å². The lowest BCUT2D eigenvalue weighted by Crippen LogP contribution is -2.27. The average Bonchev–Trinajstić information content (AvgIpc) is 3.29. The van der Waals surface area contributed by atoms with Crippen molar-refractivity contribution in [3.05, 3.63) is 91.2 Å². The summed E-state index contributed by atoms with van der Waals surface area (Å²) in [6.07, 6.45) is 1.47. The molecule has 2 heterocycles. The number of benzene rings is 2. The van der Waals surface area contributed by atoms with E-state index in [0.717, 1.165) is 16.7 Å². The fourth-order valence-corrected chi connectivity index (χ4v) is 4.31. The van der Waals surface area contributed by atoms with E-state index < -0.39 is 21.9 Å². The molecule has 2 amide bonds. The largest absolute Gasteiger partial charge is 0.457 e. The van der Waals surface area contributed by atoms with E-state index in [1.165, 1.54) is 42.5 Å². The second-order valence-corrected chi connectivity index (χ2v) is 8.37. The van der Waals surface area contributed by atoms with Gasteiger partial charge < -0.3 is 4.42 Å². The van der Waals surface area contributed by atoms with Gasteiger partial charge in [0.1, 0.15) is 17.3 Å². The summed E-state index contributed by atoms with van der Waals surface area (Å²) in [5.41, 5.74) is 1.18. The Kier molecular flexibility index (Phi) is 5.75. The zero-order valence-electron chi connectivity index (χ0n) is 15.6. The number of carbonyl (C=O) groups is 2. The number of hydrogen-bond acceptors (Lipinski definition) is 6. The number of nitro groups is 1. The van der Waals surface area contributed by atoms with Crippen LogP contribution in [0.1, 0.15) is 11.3 Å². The first-order chi connectivity index (χ1) is 14.8. The molecule has 7 nitrogen and oxygen atoms in total. The number of furan rings is 1. The van der Waals surface area contributed by atoms with Gasteiger partial charge in [-0.3, -0.25) is 24.6 Å². The highest BCUT2D eigenvalue weighted by Crippen LogP contribution is 2.36. The first-order valence-corrected chi connectivity index (χ1v) is 10.5. The highest BCUT2D eigenvalue weighted by molar-refractivity contribution is 9.10. The number of nitrogens with zero attached hydrogens (tertiary/aromatic N) is 2. The quantitative estimate of drug-likeness (QED) is 0.241. The predicted octanol–water partition coefficient (Wildman–Crippen LogP) is 5.99. The summed E-state index contributed by atoms with van der Waals surface area (Å²) in [6.45, 7) is 0.0431. The van der Waals surface area contributed by atoms with Crippen molar-refractivity contribution in [3.8, 4) is 11.3 Å². The highest BCUT2D eigenvalue weighted by Gasteiger charge is 2.35. The van der Waals surface area contributed by atoms with E-state index >= 15 is 0 Å². The number of imide groups is 1. The summed E-state index contributed by atoms with van der Waals surface area (Å²) in [7, 11) is 0. The first-order valence-electron chi connectivity index (χ1n) is 8.86. The molecular formula is C21H12BrFN2O5S. The Morgan fingerprint density at radius 3 is 2.55 bits per heavy atom. The summed E-state index contributed by atoms with van der Waals surface area (Å²) < 4.78 is 19.3. The third kappa shape index (κ3) is 4.44. The molecule has 2 aromatic carbocycles. The minimum atomic E-state index is -0.496. The van der Waals surface area contributed by atoms with Gasteiger partial charge in [0.05, 0.1) is 16.4 Å². The van der Waals surface area contributed by atoms with Crippen molar-refractivity contribution >= 4 is 50.6 Å². The van der Waals surface area contributed by atoms with Gasteiger partial charge in [-0.2, -0.15) is 0 Å². The molecule has 1 aliphatic heterocycles. The van der Waals surface area contributed by atoms with Crippen LogP contribution in [0.3, 0.4) is 0 Å². The van der Waals surface area contributed by atoms with Gasteiger partial charge in [0.2, 0.25) is 0 Å². The standard InChI is InChI=1S/C21H12BrFN2O5S/c22-17-9-14(25(28)29)5-7-16(17)18-8-6-15(30-18)10-19-20(26)24(21(27)31-19)11-12-1-3-13(23)4-2-12/h1-10H,11H2. The van der Waals surface area contributed by atoms with E-state index in [1.54, 1.807) is 18.2 Å². The Bertz CT molecular complexity index is 1240. The molecule has 31 heavy (non-hydrogen) atoms. The lowest BCUT2D eigenvalue weighted by molar-refractivity contribution is -0.384. The molecule has 1 aliphatic rings. The number of nitro benzene ring substituents is 1. The molecule has 1 fully saturated rings. The van der Waals surface area contributed by atoms with E-state index in [0.29, 0.717) is 27.1 Å². The maximum Gasteiger partial charge on any atom is 0.293 e. The van der Waals surface area contributed by atoms with Gasteiger partial charge in [-0.05, 0) is 63.6 Å². The number of halogens is 2. The molecule has 1 aromatic heterocycles. The van der Waals surface area contributed by atoms with Crippen molar-refractivity contribution in [1.82, 2.24) is 4.90 Å². The first kappa shape index (κ1) is 21.0. The molecule has 0 unspecified atom stereocenters. The van der Waals surface area contributed by atoms with Crippen LogP contribution in [-0.4, -0.2) is 21.0 Å². The molecule has 0 bridgehead atoms. The highest BCUT2D eigenvalue weighted by atomic mass is 79.9. The normalized spacial score (nSPS) is 15.2. The summed E-state index contributed by atoms with van der Waals surface area (Å²) >= 11 is 4.09. The molecule has 3 aromatic rings. The van der Waals surface area contributed by atoms with E-state index in [-0.39, 0.29) is 17.1 Å². The number of amides is 2. The molecule has 156 valence electrons. The van der Waals surface area contributed by atoms with Crippen molar-refractivity contribution in [1.29, 1.82) is 0 Å². The van der Waals surface area contributed by atoms with Crippen molar-refractivity contribution < 1.29 is 23.3 Å². The molecular weight excluding hydrogens is 491 g/mol. The monoisotopic (exact) mass is 502 g/mol. The third-order valence-corrected chi connectivity index (χ3v) is 6.02.